The molecular formula is C15H21N3O3. The Bertz CT molecular complexity index is 470. The van der Waals surface area contributed by atoms with Crippen molar-refractivity contribution in [2.24, 2.45) is 0 Å². The van der Waals surface area contributed by atoms with Crippen molar-refractivity contribution in [3.8, 4) is 0 Å². The van der Waals surface area contributed by atoms with Crippen molar-refractivity contribution in [3.05, 3.63) is 30.3 Å². The summed E-state index contributed by atoms with van der Waals surface area (Å²) in [4.78, 5) is 26.6. The molecule has 0 aliphatic carbocycles. The number of aliphatic carboxylic acids is 1. The summed E-state index contributed by atoms with van der Waals surface area (Å²) in [5, 5.41) is 11.6. The van der Waals surface area contributed by atoms with Gasteiger partial charge in [-0.1, -0.05) is 18.2 Å². The Labute approximate surface area is 124 Å². The summed E-state index contributed by atoms with van der Waals surface area (Å²) in [6.45, 7) is 3.92. The van der Waals surface area contributed by atoms with Gasteiger partial charge in [0.25, 0.3) is 0 Å². The number of piperazine rings is 1. The molecule has 0 aromatic heterocycles. The van der Waals surface area contributed by atoms with Crippen molar-refractivity contribution >= 4 is 17.6 Å². The number of carbonyl (C=O) groups excluding carboxylic acids is 1. The lowest BCUT2D eigenvalue weighted by molar-refractivity contribution is -0.138. The molecule has 1 amide bonds. The van der Waals surface area contributed by atoms with Gasteiger partial charge in [-0.15, -0.1) is 0 Å². The molecule has 1 aliphatic heterocycles. The molecule has 0 saturated carbocycles. The molecule has 0 atom stereocenters. The van der Waals surface area contributed by atoms with Crippen LogP contribution in [-0.2, 0) is 9.59 Å². The molecule has 1 fully saturated rings. The predicted octanol–water partition coefficient (Wildman–Crippen LogP) is 0.717. The van der Waals surface area contributed by atoms with Crippen molar-refractivity contribution in [1.82, 2.24) is 9.80 Å². The van der Waals surface area contributed by atoms with Crippen molar-refractivity contribution in [2.45, 2.75) is 6.42 Å². The number of hydrogen-bond acceptors (Lipinski definition) is 4. The number of carbonyl (C=O) groups is 2. The van der Waals surface area contributed by atoms with Crippen LogP contribution in [-0.4, -0.2) is 66.1 Å². The van der Waals surface area contributed by atoms with Crippen LogP contribution in [0.1, 0.15) is 6.42 Å². The van der Waals surface area contributed by atoms with Gasteiger partial charge >= 0.3 is 5.97 Å². The number of carboxylic acid groups (broad SMARTS) is 1. The van der Waals surface area contributed by atoms with Crippen molar-refractivity contribution in [2.75, 3.05) is 44.6 Å². The fourth-order valence-corrected chi connectivity index (χ4v) is 2.37. The Morgan fingerprint density at radius 2 is 1.67 bits per heavy atom. The molecule has 2 rings (SSSR count). The van der Waals surface area contributed by atoms with Gasteiger partial charge in [0.05, 0.1) is 6.54 Å². The first-order chi connectivity index (χ1) is 10.1. The van der Waals surface area contributed by atoms with Crippen LogP contribution in [0.5, 0.6) is 0 Å². The summed E-state index contributed by atoms with van der Waals surface area (Å²) in [7, 11) is 0. The average Bonchev–Trinajstić information content (AvgIpc) is 2.47. The van der Waals surface area contributed by atoms with E-state index in [1.165, 1.54) is 0 Å². The number of nitrogens with one attached hydrogen (secondary N) is 1. The highest BCUT2D eigenvalue weighted by atomic mass is 16.4. The Kier molecular flexibility index (Phi) is 5.71. The van der Waals surface area contributed by atoms with Crippen LogP contribution in [0.2, 0.25) is 0 Å². The number of para-hydroxylation sites is 1. The maximum atomic E-state index is 11.8. The third-order valence-corrected chi connectivity index (χ3v) is 3.54. The number of anilines is 1. The summed E-state index contributed by atoms with van der Waals surface area (Å²) < 4.78 is 0. The van der Waals surface area contributed by atoms with Gasteiger partial charge in [-0.3, -0.25) is 14.5 Å². The van der Waals surface area contributed by atoms with Gasteiger partial charge in [-0.25, -0.2) is 0 Å². The molecule has 6 nitrogen and oxygen atoms in total. The number of hydrogen-bond donors (Lipinski definition) is 2. The summed E-state index contributed by atoms with van der Waals surface area (Å²) in [6, 6.07) is 9.41. The third kappa shape index (κ3) is 5.53. The molecule has 6 heteroatoms. The first-order valence-electron chi connectivity index (χ1n) is 7.15. The van der Waals surface area contributed by atoms with Crippen LogP contribution >= 0.6 is 0 Å². The second kappa shape index (κ2) is 7.75. The summed E-state index contributed by atoms with van der Waals surface area (Å²) in [5.74, 6) is -0.778. The van der Waals surface area contributed by atoms with Crippen LogP contribution in [0.25, 0.3) is 0 Å². The number of carboxylic acids is 1. The van der Waals surface area contributed by atoms with E-state index >= 15 is 0 Å². The highest BCUT2D eigenvalue weighted by Crippen LogP contribution is 2.07. The van der Waals surface area contributed by atoms with Gasteiger partial charge in [-0.05, 0) is 12.1 Å². The second-order valence-electron chi connectivity index (χ2n) is 5.18. The Morgan fingerprint density at radius 3 is 2.29 bits per heavy atom. The Morgan fingerprint density at radius 1 is 1.05 bits per heavy atom. The van der Waals surface area contributed by atoms with Crippen LogP contribution in [0, 0.1) is 0 Å². The minimum atomic E-state index is -0.786. The topological polar surface area (TPSA) is 72.9 Å². The molecule has 0 unspecified atom stereocenters. The summed E-state index contributed by atoms with van der Waals surface area (Å²) in [6.07, 6.45) is 0.452. The van der Waals surface area contributed by atoms with E-state index in [0.29, 0.717) is 13.0 Å². The van der Waals surface area contributed by atoms with Crippen molar-refractivity contribution in [1.29, 1.82) is 0 Å². The monoisotopic (exact) mass is 291 g/mol. The van der Waals surface area contributed by atoms with Crippen LogP contribution in [0.3, 0.4) is 0 Å². The third-order valence-electron chi connectivity index (χ3n) is 3.54. The standard InChI is InChI=1S/C15H21N3O3/c19-14(16-13-4-2-1-3-5-13)6-7-17-8-10-18(11-9-17)12-15(20)21/h1-5H,6-12H2,(H,16,19)(H,20,21). The molecule has 1 aliphatic rings. The van der Waals surface area contributed by atoms with Crippen LogP contribution < -0.4 is 5.32 Å². The minimum absolute atomic E-state index is 0.00849. The lowest BCUT2D eigenvalue weighted by Gasteiger charge is -2.33. The fourth-order valence-electron chi connectivity index (χ4n) is 2.37. The highest BCUT2D eigenvalue weighted by molar-refractivity contribution is 5.90. The molecule has 0 radical (unpaired) electrons. The quantitative estimate of drug-likeness (QED) is 0.808. The molecule has 21 heavy (non-hydrogen) atoms. The minimum Gasteiger partial charge on any atom is -0.480 e. The molecule has 1 aromatic carbocycles. The zero-order chi connectivity index (χ0) is 15.1. The normalized spacial score (nSPS) is 16.6. The first-order valence-corrected chi connectivity index (χ1v) is 7.15. The van der Waals surface area contributed by atoms with Crippen molar-refractivity contribution in [3.63, 3.8) is 0 Å². The van der Waals surface area contributed by atoms with Gasteiger partial charge in [0, 0.05) is 44.8 Å². The lowest BCUT2D eigenvalue weighted by Crippen LogP contribution is -2.48. The molecule has 114 valence electrons. The smallest absolute Gasteiger partial charge is 0.317 e. The van der Waals surface area contributed by atoms with Crippen LogP contribution in [0.4, 0.5) is 5.69 Å². The number of benzene rings is 1. The molecule has 2 N–H and O–H groups in total. The largest absolute Gasteiger partial charge is 0.480 e. The average molecular weight is 291 g/mol. The Hall–Kier alpha value is -1.92. The zero-order valence-corrected chi connectivity index (χ0v) is 12.0. The summed E-state index contributed by atoms with van der Waals surface area (Å²) >= 11 is 0. The number of rotatable bonds is 6. The van der Waals surface area contributed by atoms with E-state index in [-0.39, 0.29) is 12.5 Å². The molecule has 0 bridgehead atoms. The lowest BCUT2D eigenvalue weighted by atomic mass is 10.2. The van der Waals surface area contributed by atoms with Gasteiger partial charge in [-0.2, -0.15) is 0 Å². The Balaban J connectivity index is 1.65. The maximum Gasteiger partial charge on any atom is 0.317 e. The van der Waals surface area contributed by atoms with Gasteiger partial charge in [0.1, 0.15) is 0 Å². The van der Waals surface area contributed by atoms with Crippen molar-refractivity contribution < 1.29 is 14.7 Å². The SMILES string of the molecule is O=C(O)CN1CCN(CCC(=O)Nc2ccccc2)CC1. The van der Waals surface area contributed by atoms with E-state index in [4.69, 9.17) is 5.11 Å². The van der Waals surface area contributed by atoms with Gasteiger partial charge < -0.3 is 15.3 Å². The predicted molar refractivity (Wildman–Crippen MR) is 80.2 cm³/mol. The maximum absolute atomic E-state index is 11.8. The molecule has 0 spiro atoms. The molecular weight excluding hydrogens is 270 g/mol. The molecule has 1 saturated heterocycles. The van der Waals surface area contributed by atoms with E-state index in [9.17, 15) is 9.59 Å². The van der Waals surface area contributed by atoms with E-state index in [0.717, 1.165) is 31.9 Å². The fraction of sp³-hybridized carbons (Fsp3) is 0.467. The first kappa shape index (κ1) is 15.5. The summed E-state index contributed by atoms with van der Waals surface area (Å²) in [5.41, 5.74) is 0.814. The molecule has 1 aromatic rings. The van der Waals surface area contributed by atoms with E-state index in [1.807, 2.05) is 35.2 Å². The number of nitrogens with zero attached hydrogens (tertiary/aromatic N) is 2. The van der Waals surface area contributed by atoms with E-state index in [2.05, 4.69) is 10.2 Å². The number of amides is 1. The zero-order valence-electron chi connectivity index (χ0n) is 12.0. The van der Waals surface area contributed by atoms with Crippen LogP contribution in [0.15, 0.2) is 30.3 Å². The van der Waals surface area contributed by atoms with E-state index in [1.54, 1.807) is 0 Å². The second-order valence-corrected chi connectivity index (χ2v) is 5.18. The van der Waals surface area contributed by atoms with Gasteiger partial charge in [0.15, 0.2) is 0 Å². The molecule has 1 heterocycles. The van der Waals surface area contributed by atoms with E-state index < -0.39 is 5.97 Å². The van der Waals surface area contributed by atoms with Gasteiger partial charge in [0.2, 0.25) is 5.91 Å². The highest BCUT2D eigenvalue weighted by Gasteiger charge is 2.18.